The van der Waals surface area contributed by atoms with Gasteiger partial charge in [-0.25, -0.2) is 0 Å². The molecule has 1 N–H and O–H groups in total. The molecule has 1 aromatic heterocycles. The van der Waals surface area contributed by atoms with Crippen molar-refractivity contribution in [1.29, 1.82) is 0 Å². The summed E-state index contributed by atoms with van der Waals surface area (Å²) >= 11 is 0. The van der Waals surface area contributed by atoms with Gasteiger partial charge in [0, 0.05) is 17.8 Å². The Hall–Kier alpha value is -2.69. The van der Waals surface area contributed by atoms with Crippen LogP contribution in [0.5, 0.6) is 0 Å². The van der Waals surface area contributed by atoms with Gasteiger partial charge in [-0.05, 0) is 23.6 Å². The van der Waals surface area contributed by atoms with Gasteiger partial charge in [-0.1, -0.05) is 25.1 Å². The number of allylic oxidation sites excluding steroid dienone is 1. The predicted molar refractivity (Wildman–Crippen MR) is 101 cm³/mol. The summed E-state index contributed by atoms with van der Waals surface area (Å²) in [5.74, 6) is -1.41. The van der Waals surface area contributed by atoms with Gasteiger partial charge in [-0.3, -0.25) is 8.78 Å². The van der Waals surface area contributed by atoms with E-state index in [-0.39, 0.29) is 25.8 Å². The van der Waals surface area contributed by atoms with Gasteiger partial charge in [0.1, 0.15) is 0 Å². The molecular weight excluding hydrogens is 524 g/mol. The number of nitrogens with one attached hydrogen (secondary N) is 1. The first-order chi connectivity index (χ1) is 12.6. The average molecular weight is 541 g/mol. The molecule has 3 nitrogen and oxygen atoms in total. The third-order valence-corrected chi connectivity index (χ3v) is 3.18. The minimum Gasteiger partial charge on any atom is -0.811 e. The number of halogens is 2. The zero-order valence-corrected chi connectivity index (χ0v) is 16.8. The predicted octanol–water partition coefficient (Wildman–Crippen LogP) is 5.19. The maximum absolute atomic E-state index is 12.8. The van der Waals surface area contributed by atoms with Crippen LogP contribution in [0, 0.1) is 30.7 Å². The zero-order chi connectivity index (χ0) is 18.8. The first-order valence-corrected chi connectivity index (χ1v) is 7.75. The molecule has 0 amide bonds. The normalized spacial score (nSPS) is 9.74. The zero-order valence-electron chi connectivity index (χ0n) is 14.4. The molecule has 6 heteroatoms. The number of anilines is 1. The molecule has 0 unspecified atom stereocenters. The number of hydrogen-bond acceptors (Lipinski definition) is 2. The summed E-state index contributed by atoms with van der Waals surface area (Å²) in [5.41, 5.74) is 3.27. The molecular formula is C21H16F2IrN3. The van der Waals surface area contributed by atoms with Crippen LogP contribution < -0.4 is 5.32 Å². The summed E-state index contributed by atoms with van der Waals surface area (Å²) in [7, 11) is 0. The van der Waals surface area contributed by atoms with Crippen molar-refractivity contribution in [3.05, 3.63) is 102 Å². The average Bonchev–Trinajstić information content (AvgIpc) is 2.66. The van der Waals surface area contributed by atoms with Gasteiger partial charge in [0.25, 0.3) is 0 Å². The number of nitrogens with zero attached hydrogens (tertiary/aromatic N) is 2. The van der Waals surface area contributed by atoms with Gasteiger partial charge in [-0.2, -0.15) is 12.3 Å². The Morgan fingerprint density at radius 2 is 1.93 bits per heavy atom. The Kier molecular flexibility index (Phi) is 9.80. The van der Waals surface area contributed by atoms with Crippen molar-refractivity contribution in [2.45, 2.75) is 6.92 Å². The van der Waals surface area contributed by atoms with Crippen molar-refractivity contribution >= 4 is 11.9 Å². The van der Waals surface area contributed by atoms with Crippen LogP contribution in [0.1, 0.15) is 5.56 Å². The molecule has 0 aliphatic rings. The second-order valence-corrected chi connectivity index (χ2v) is 5.19. The monoisotopic (exact) mass is 541 g/mol. The number of benzene rings is 2. The topological polar surface area (TPSA) is 47.2 Å². The molecule has 0 aliphatic heterocycles. The number of pyridine rings is 1. The Morgan fingerprint density at radius 1 is 1.11 bits per heavy atom. The van der Waals surface area contributed by atoms with E-state index in [1.54, 1.807) is 6.20 Å². The molecule has 138 valence electrons. The number of hydrogen-bond donors (Lipinski definition) is 1. The smallest absolute Gasteiger partial charge is 0.811 e. The minimum atomic E-state index is -0.734. The Labute approximate surface area is 171 Å². The van der Waals surface area contributed by atoms with Gasteiger partial charge in [0.05, 0.1) is 0 Å². The van der Waals surface area contributed by atoms with Crippen molar-refractivity contribution < 1.29 is 28.9 Å². The first-order valence-electron chi connectivity index (χ1n) is 7.75. The fourth-order valence-electron chi connectivity index (χ4n) is 1.91. The summed E-state index contributed by atoms with van der Waals surface area (Å²) in [4.78, 5) is 4.25. The Balaban J connectivity index is 0.000000260. The molecule has 3 rings (SSSR count). The molecule has 1 heterocycles. The van der Waals surface area contributed by atoms with E-state index < -0.39 is 11.6 Å². The van der Waals surface area contributed by atoms with Crippen LogP contribution in [-0.4, -0.2) is 11.2 Å². The molecule has 0 spiro atoms. The molecule has 0 aliphatic carbocycles. The van der Waals surface area contributed by atoms with E-state index in [0.717, 1.165) is 29.6 Å². The molecule has 0 fully saturated rings. The van der Waals surface area contributed by atoms with E-state index in [0.29, 0.717) is 0 Å². The van der Waals surface area contributed by atoms with Gasteiger partial charge in [0.15, 0.2) is 0 Å². The molecule has 0 atom stereocenters. The third-order valence-electron chi connectivity index (χ3n) is 3.18. The van der Waals surface area contributed by atoms with E-state index in [1.165, 1.54) is 17.8 Å². The van der Waals surface area contributed by atoms with Crippen LogP contribution in [-0.2, 0) is 20.1 Å². The molecule has 0 saturated carbocycles. The Morgan fingerprint density at radius 3 is 2.52 bits per heavy atom. The van der Waals surface area contributed by atoms with Crippen molar-refractivity contribution in [3.8, 4) is 11.3 Å². The van der Waals surface area contributed by atoms with Crippen molar-refractivity contribution in [2.75, 3.05) is 5.32 Å². The van der Waals surface area contributed by atoms with Gasteiger partial charge < -0.3 is 15.7 Å². The summed E-state index contributed by atoms with van der Waals surface area (Å²) in [6.45, 7) is 2.05. The van der Waals surface area contributed by atoms with Crippen LogP contribution in [0.3, 0.4) is 0 Å². The SMILES string of the molecule is Cc1c[c-]c(-c2ccccn2)cc1.[Ir+3].[N-]=C/C=C\Nc1[c-]cc(F)cc1F. The second-order valence-electron chi connectivity index (χ2n) is 5.19. The fraction of sp³-hybridized carbons (Fsp3) is 0.0476. The van der Waals surface area contributed by atoms with Gasteiger partial charge in [0.2, 0.25) is 0 Å². The molecule has 2 aromatic carbocycles. The van der Waals surface area contributed by atoms with Crippen molar-refractivity contribution in [1.82, 2.24) is 4.98 Å². The van der Waals surface area contributed by atoms with E-state index in [2.05, 4.69) is 35.4 Å². The maximum atomic E-state index is 12.8. The quantitative estimate of drug-likeness (QED) is 0.366. The first kappa shape index (κ1) is 22.4. The third kappa shape index (κ3) is 7.60. The molecule has 27 heavy (non-hydrogen) atoms. The molecule has 0 saturated heterocycles. The minimum absolute atomic E-state index is 0. The molecule has 0 bridgehead atoms. The van der Waals surface area contributed by atoms with Gasteiger partial charge >= 0.3 is 20.1 Å². The fourth-order valence-corrected chi connectivity index (χ4v) is 1.91. The van der Waals surface area contributed by atoms with Gasteiger partial charge in [-0.15, -0.1) is 47.5 Å². The van der Waals surface area contributed by atoms with Crippen LogP contribution in [0.15, 0.2) is 67.0 Å². The van der Waals surface area contributed by atoms with Crippen LogP contribution in [0.25, 0.3) is 16.7 Å². The largest absolute Gasteiger partial charge is 3.00 e. The second kappa shape index (κ2) is 11.8. The summed E-state index contributed by atoms with van der Waals surface area (Å²) in [6, 6.07) is 19.3. The van der Waals surface area contributed by atoms with E-state index in [9.17, 15) is 8.78 Å². The van der Waals surface area contributed by atoms with Crippen molar-refractivity contribution in [2.24, 2.45) is 0 Å². The van der Waals surface area contributed by atoms with Crippen molar-refractivity contribution in [3.63, 3.8) is 0 Å². The van der Waals surface area contributed by atoms with E-state index in [4.69, 9.17) is 5.41 Å². The molecule has 0 radical (unpaired) electrons. The molecule has 3 aromatic rings. The van der Waals surface area contributed by atoms with Crippen LogP contribution in [0.4, 0.5) is 14.5 Å². The van der Waals surface area contributed by atoms with E-state index >= 15 is 0 Å². The summed E-state index contributed by atoms with van der Waals surface area (Å²) < 4.78 is 25.2. The van der Waals surface area contributed by atoms with Crippen LogP contribution in [0.2, 0.25) is 0 Å². The summed E-state index contributed by atoms with van der Waals surface area (Å²) in [6.07, 6.45) is 5.14. The van der Waals surface area contributed by atoms with Crippen LogP contribution >= 0.6 is 0 Å². The van der Waals surface area contributed by atoms with E-state index in [1.807, 2.05) is 30.3 Å². The number of aromatic nitrogens is 1. The Bertz CT molecular complexity index is 866. The number of aryl methyl sites for hydroxylation is 1. The number of rotatable bonds is 4. The standard InChI is InChI=1S/C12H10N.C9H6F2N2.Ir/c1-10-5-7-11(8-6-10)12-4-2-3-9-13-12;10-7-2-3-9(8(11)6-7)13-5-1-4-12;/h2-7,9H,1H3;1-2,4-6,13H;/q-1;-2;+3/b;5-1-;. The summed E-state index contributed by atoms with van der Waals surface area (Å²) in [5, 5.41) is 10.7. The maximum Gasteiger partial charge on any atom is 3.00 e.